The van der Waals surface area contributed by atoms with Crippen molar-refractivity contribution in [3.05, 3.63) is 0 Å². The third-order valence-electron chi connectivity index (χ3n) is 12.6. The molecule has 0 saturated carbocycles. The van der Waals surface area contributed by atoms with E-state index in [1.165, 1.54) is 14.2 Å². The maximum Gasteiger partial charge on any atom is 0.313 e. The van der Waals surface area contributed by atoms with E-state index in [4.69, 9.17) is 46.7 Å². The van der Waals surface area contributed by atoms with Crippen LogP contribution in [-0.4, -0.2) is 122 Å². The quantitative estimate of drug-likeness (QED) is 0.120. The van der Waals surface area contributed by atoms with Crippen LogP contribution in [-0.2, 0) is 56.3 Å². The van der Waals surface area contributed by atoms with Gasteiger partial charge < -0.3 is 51.9 Å². The number of aliphatic hydroxyl groups is 1. The minimum atomic E-state index is -2.46. The maximum absolute atomic E-state index is 13.5. The number of aliphatic hydroxyl groups excluding tert-OH is 1. The topological polar surface area (TPSA) is 147 Å². The van der Waals surface area contributed by atoms with E-state index in [2.05, 4.69) is 67.7 Å². The van der Waals surface area contributed by atoms with Gasteiger partial charge in [-0.05, 0) is 83.2 Å². The summed E-state index contributed by atoms with van der Waals surface area (Å²) < 4.78 is 63.5. The summed E-state index contributed by atoms with van der Waals surface area (Å²) in [5, 5.41) is 9.47. The molecule has 0 aliphatic carbocycles. The van der Waals surface area contributed by atoms with E-state index in [9.17, 15) is 14.7 Å². The van der Waals surface area contributed by atoms with Crippen LogP contribution in [0.4, 0.5) is 0 Å². The number of carbonyl (C=O) groups is 2. The Bertz CT molecular complexity index is 1290. The molecule has 13 nitrogen and oxygen atoms in total. The summed E-state index contributed by atoms with van der Waals surface area (Å²) in [6.07, 6.45) is 0.640. The van der Waals surface area contributed by atoms with Gasteiger partial charge in [0.15, 0.2) is 34.0 Å². The number of hydrogen-bond acceptors (Lipinski definition) is 13. The van der Waals surface area contributed by atoms with E-state index in [0.717, 1.165) is 6.42 Å². The lowest BCUT2D eigenvalue weighted by atomic mass is 9.83. The average molecular weight is 835 g/mol. The molecule has 56 heavy (non-hydrogen) atoms. The van der Waals surface area contributed by atoms with Gasteiger partial charge in [-0.3, -0.25) is 9.59 Å². The Morgan fingerprint density at radius 2 is 1.32 bits per heavy atom. The lowest BCUT2D eigenvalue weighted by Crippen LogP contribution is -2.61. The largest absolute Gasteiger partial charge is 0.469 e. The molecule has 0 bridgehead atoms. The van der Waals surface area contributed by atoms with Gasteiger partial charge in [0.2, 0.25) is 0 Å². The third-order valence-corrected chi connectivity index (χ3v) is 21.6. The molecule has 0 aromatic carbocycles. The first-order valence-corrected chi connectivity index (χ1v) is 26.4. The van der Waals surface area contributed by atoms with Crippen LogP contribution in [0.25, 0.3) is 0 Å². The van der Waals surface area contributed by atoms with Crippen molar-refractivity contribution in [2.45, 2.75) is 217 Å². The Kier molecular flexibility index (Phi) is 16.5. The third kappa shape index (κ3) is 13.0. The molecule has 3 aliphatic heterocycles. The van der Waals surface area contributed by atoms with Crippen molar-refractivity contribution >= 4 is 28.6 Å². The van der Waals surface area contributed by atoms with Crippen LogP contribution in [0.5, 0.6) is 0 Å². The molecule has 328 valence electrons. The van der Waals surface area contributed by atoms with Crippen molar-refractivity contribution in [3.8, 4) is 0 Å². The molecule has 3 heterocycles. The number of carbonyl (C=O) groups excluding carboxylic acids is 2. The zero-order valence-corrected chi connectivity index (χ0v) is 39.8. The number of rotatable bonds is 16. The van der Waals surface area contributed by atoms with Gasteiger partial charge in [-0.2, -0.15) is 0 Å². The number of ether oxygens (including phenoxy) is 8. The van der Waals surface area contributed by atoms with Gasteiger partial charge in [0.05, 0.1) is 63.4 Å². The van der Waals surface area contributed by atoms with Crippen LogP contribution in [0.3, 0.4) is 0 Å². The molecule has 9 atom stereocenters. The Hall–Kier alpha value is -0.986. The molecule has 0 spiro atoms. The van der Waals surface area contributed by atoms with Crippen molar-refractivity contribution in [1.29, 1.82) is 0 Å². The van der Waals surface area contributed by atoms with E-state index in [1.807, 2.05) is 27.7 Å². The molecule has 3 fully saturated rings. The average Bonchev–Trinajstić information content (AvgIpc) is 3.03. The van der Waals surface area contributed by atoms with Crippen LogP contribution in [0.15, 0.2) is 0 Å². The fraction of sp³-hybridized carbons (Fsp3) is 0.951. The van der Waals surface area contributed by atoms with E-state index < -0.39 is 70.2 Å². The van der Waals surface area contributed by atoms with Crippen molar-refractivity contribution in [2.75, 3.05) is 27.9 Å². The van der Waals surface area contributed by atoms with E-state index in [-0.39, 0.29) is 60.4 Å². The molecular formula is C41H78O13Si2. The molecule has 15 heteroatoms. The summed E-state index contributed by atoms with van der Waals surface area (Å²) in [4.78, 5) is 26.3. The number of hydrogen-bond donors (Lipinski definition) is 1. The minimum absolute atomic E-state index is 0.0469. The maximum atomic E-state index is 13.5. The van der Waals surface area contributed by atoms with E-state index in [0.29, 0.717) is 25.7 Å². The van der Waals surface area contributed by atoms with Gasteiger partial charge in [0.25, 0.3) is 0 Å². The summed E-state index contributed by atoms with van der Waals surface area (Å²) in [7, 11) is -0.516. The molecular weight excluding hydrogens is 757 g/mol. The van der Waals surface area contributed by atoms with Crippen molar-refractivity contribution in [1.82, 2.24) is 0 Å². The highest BCUT2D eigenvalue weighted by Gasteiger charge is 2.56. The summed E-state index contributed by atoms with van der Waals surface area (Å²) in [5.74, 6) is -4.94. The fourth-order valence-corrected chi connectivity index (χ4v) is 10.5. The van der Waals surface area contributed by atoms with Crippen LogP contribution in [0, 0.1) is 5.92 Å². The summed E-state index contributed by atoms with van der Waals surface area (Å²) in [6, 6.07) is 0. The molecule has 3 rings (SSSR count). The molecule has 3 aliphatic rings. The van der Waals surface area contributed by atoms with Crippen molar-refractivity contribution in [2.24, 2.45) is 5.92 Å². The Balaban J connectivity index is 2.00. The zero-order chi connectivity index (χ0) is 42.7. The van der Waals surface area contributed by atoms with E-state index in [1.54, 1.807) is 7.11 Å². The first-order chi connectivity index (χ1) is 25.5. The monoisotopic (exact) mass is 834 g/mol. The second-order valence-electron chi connectivity index (χ2n) is 20.1. The predicted octanol–water partition coefficient (Wildman–Crippen LogP) is 7.62. The van der Waals surface area contributed by atoms with E-state index >= 15 is 0 Å². The summed E-state index contributed by atoms with van der Waals surface area (Å²) >= 11 is 0. The summed E-state index contributed by atoms with van der Waals surface area (Å²) in [5.41, 5.74) is 0. The highest BCUT2D eigenvalue weighted by Crippen LogP contribution is 2.47. The zero-order valence-electron chi connectivity index (χ0n) is 37.8. The van der Waals surface area contributed by atoms with Gasteiger partial charge in [0.1, 0.15) is 5.92 Å². The van der Waals surface area contributed by atoms with Crippen LogP contribution >= 0.6 is 0 Å². The molecule has 1 N–H and O–H groups in total. The molecule has 3 saturated heterocycles. The highest BCUT2D eigenvalue weighted by molar-refractivity contribution is 6.74. The number of esters is 2. The SMILES string of the molecule is COC(=O)C[C@@H]1O[C@@](C[C@@H]2C[C@H]([C@@H](CC[C@@H]3C[C@H](CCO)OC(C)(C)O3)O[Si](C)(C)C(C)(C)C)OC(C)(C)O2)(OC)C[C@H](O[Si](C)(C)C(C)(C)C)[C@H]1C(=O)OC. The van der Waals surface area contributed by atoms with Crippen molar-refractivity contribution < 1.29 is 61.4 Å². The van der Waals surface area contributed by atoms with Gasteiger partial charge in [-0.1, -0.05) is 41.5 Å². The Morgan fingerprint density at radius 3 is 1.84 bits per heavy atom. The van der Waals surface area contributed by atoms with Crippen LogP contribution < -0.4 is 0 Å². The first-order valence-electron chi connectivity index (χ1n) is 20.6. The second kappa shape index (κ2) is 18.7. The van der Waals surface area contributed by atoms with Crippen LogP contribution in [0.2, 0.25) is 36.3 Å². The predicted molar refractivity (Wildman–Crippen MR) is 218 cm³/mol. The van der Waals surface area contributed by atoms with Crippen molar-refractivity contribution in [3.63, 3.8) is 0 Å². The number of methoxy groups -OCH3 is 3. The summed E-state index contributed by atoms with van der Waals surface area (Å²) in [6.45, 7) is 29.6. The van der Waals surface area contributed by atoms with Crippen LogP contribution in [0.1, 0.15) is 121 Å². The minimum Gasteiger partial charge on any atom is -0.469 e. The van der Waals surface area contributed by atoms with Gasteiger partial charge in [0, 0.05) is 39.4 Å². The van der Waals surface area contributed by atoms with Gasteiger partial charge in [-0.15, -0.1) is 0 Å². The van der Waals surface area contributed by atoms with Gasteiger partial charge in [-0.25, -0.2) is 0 Å². The molecule has 0 aromatic heterocycles. The lowest BCUT2D eigenvalue weighted by Gasteiger charge is -2.52. The Labute approximate surface area is 340 Å². The second-order valence-corrected chi connectivity index (χ2v) is 29.6. The molecule has 0 unspecified atom stereocenters. The Morgan fingerprint density at radius 1 is 0.768 bits per heavy atom. The normalized spacial score (nSPS) is 32.1. The smallest absolute Gasteiger partial charge is 0.313 e. The molecule has 0 radical (unpaired) electrons. The highest BCUT2D eigenvalue weighted by atomic mass is 28.4. The lowest BCUT2D eigenvalue weighted by molar-refractivity contribution is -0.346. The molecule has 0 amide bonds. The standard InChI is InChI=1S/C41H78O13Si2/c1-37(2,3)55(14,15)53-30(19-18-27-22-28(20-21-42)49-39(7,8)48-27)31-23-29(50-40(9,10)51-31)25-41(47-13)26-33(54-56(16,17)38(4,5)6)35(36(44)46-12)32(52-41)24-34(43)45-11/h27-33,35,42H,18-26H2,1-17H3/t27-,28+,29+,30-,31-,32+,33+,35+,41-/m1/s1. The fourth-order valence-electron chi connectivity index (χ4n) is 7.73. The first kappa shape index (κ1) is 49.4. The molecule has 0 aromatic rings. The van der Waals surface area contributed by atoms with Gasteiger partial charge >= 0.3 is 11.9 Å².